The van der Waals surface area contributed by atoms with Crippen LogP contribution < -0.4 is 5.90 Å². The first-order chi connectivity index (χ1) is 6.06. The number of nitrogens with two attached hydrogens (primary N) is 1. The third-order valence-electron chi connectivity index (χ3n) is 1.85. The van der Waals surface area contributed by atoms with Gasteiger partial charge in [0.25, 0.3) is 0 Å². The van der Waals surface area contributed by atoms with E-state index in [2.05, 4.69) is 9.82 Å². The molecule has 0 fully saturated rings. The Labute approximate surface area is 82.8 Å². The summed E-state index contributed by atoms with van der Waals surface area (Å²) in [5.74, 6) is 5.03. The highest BCUT2D eigenvalue weighted by Gasteiger charge is 2.22. The Bertz CT molecular complexity index is 289. The van der Waals surface area contributed by atoms with Gasteiger partial charge in [-0.1, -0.05) is 31.5 Å². The average Bonchev–Trinajstić information content (AvgIpc) is 2.04. The van der Waals surface area contributed by atoms with Crippen molar-refractivity contribution in [3.8, 4) is 0 Å². The van der Waals surface area contributed by atoms with Crippen molar-refractivity contribution < 1.29 is 4.84 Å². The van der Waals surface area contributed by atoms with Crippen LogP contribution in [-0.4, -0.2) is 11.6 Å². The maximum absolute atomic E-state index is 5.77. The van der Waals surface area contributed by atoms with Gasteiger partial charge < -0.3 is 4.84 Å². The summed E-state index contributed by atoms with van der Waals surface area (Å²) in [5.41, 5.74) is 0.671. The third kappa shape index (κ3) is 2.66. The van der Waals surface area contributed by atoms with E-state index in [9.17, 15) is 0 Å². The van der Waals surface area contributed by atoms with Gasteiger partial charge in [-0.2, -0.15) is 0 Å². The first-order valence-electron chi connectivity index (χ1n) is 4.01. The molecule has 1 heterocycles. The van der Waals surface area contributed by atoms with Gasteiger partial charge in [0.1, 0.15) is 5.15 Å². The first kappa shape index (κ1) is 10.4. The van der Waals surface area contributed by atoms with E-state index in [1.807, 2.05) is 26.0 Å². The zero-order chi connectivity index (χ0) is 9.90. The van der Waals surface area contributed by atoms with Crippen molar-refractivity contribution in [1.82, 2.24) is 4.98 Å². The summed E-state index contributed by atoms with van der Waals surface area (Å²) >= 11 is 5.77. The van der Waals surface area contributed by atoms with Gasteiger partial charge in [-0.3, -0.25) is 0 Å². The number of hydrogen-bond donors (Lipinski definition) is 1. The molecule has 13 heavy (non-hydrogen) atoms. The Hall–Kier alpha value is -0.640. The highest BCUT2D eigenvalue weighted by Crippen LogP contribution is 2.22. The molecule has 0 aromatic carbocycles. The van der Waals surface area contributed by atoms with Crippen molar-refractivity contribution in [2.75, 3.05) is 6.61 Å². The van der Waals surface area contributed by atoms with Crippen LogP contribution >= 0.6 is 11.6 Å². The Balaban J connectivity index is 2.93. The standard InChI is InChI=1S/C9H13ClN2O/c1-9(2,6-13-11)7-4-3-5-8(10)12-7/h3-5H,6,11H2,1-2H3. The smallest absolute Gasteiger partial charge is 0.129 e. The lowest BCUT2D eigenvalue weighted by Gasteiger charge is -2.22. The SMILES string of the molecule is CC(C)(CON)c1cccc(Cl)n1. The lowest BCUT2D eigenvalue weighted by molar-refractivity contribution is 0.0949. The second-order valence-electron chi connectivity index (χ2n) is 3.54. The summed E-state index contributed by atoms with van der Waals surface area (Å²) in [6, 6.07) is 5.51. The molecule has 1 rings (SSSR count). The van der Waals surface area contributed by atoms with Crippen LogP contribution in [-0.2, 0) is 10.3 Å². The summed E-state index contributed by atoms with van der Waals surface area (Å²) in [5, 5.41) is 0.489. The van der Waals surface area contributed by atoms with E-state index in [4.69, 9.17) is 17.5 Å². The van der Waals surface area contributed by atoms with Crippen LogP contribution in [0.25, 0.3) is 0 Å². The Morgan fingerprint density at radius 1 is 1.54 bits per heavy atom. The molecule has 0 spiro atoms. The minimum atomic E-state index is -0.209. The molecule has 72 valence electrons. The lowest BCUT2D eigenvalue weighted by atomic mass is 9.90. The minimum absolute atomic E-state index is 0.209. The van der Waals surface area contributed by atoms with E-state index in [1.165, 1.54) is 0 Å². The van der Waals surface area contributed by atoms with Crippen LogP contribution in [0.3, 0.4) is 0 Å². The molecule has 0 atom stereocenters. The third-order valence-corrected chi connectivity index (χ3v) is 2.06. The van der Waals surface area contributed by atoms with Gasteiger partial charge in [-0.15, -0.1) is 0 Å². The Morgan fingerprint density at radius 3 is 2.77 bits per heavy atom. The monoisotopic (exact) mass is 200 g/mol. The molecular weight excluding hydrogens is 188 g/mol. The number of nitrogens with zero attached hydrogens (tertiary/aromatic N) is 1. The second-order valence-corrected chi connectivity index (χ2v) is 3.93. The number of pyridine rings is 1. The van der Waals surface area contributed by atoms with Gasteiger partial charge in [0.2, 0.25) is 0 Å². The molecule has 0 saturated heterocycles. The maximum atomic E-state index is 5.77. The van der Waals surface area contributed by atoms with Crippen LogP contribution in [0.15, 0.2) is 18.2 Å². The molecule has 3 nitrogen and oxygen atoms in total. The summed E-state index contributed by atoms with van der Waals surface area (Å²) in [4.78, 5) is 8.81. The molecule has 0 unspecified atom stereocenters. The number of aromatic nitrogens is 1. The Kier molecular flexibility index (Phi) is 3.25. The molecule has 0 aliphatic heterocycles. The molecule has 0 saturated carbocycles. The number of rotatable bonds is 3. The van der Waals surface area contributed by atoms with Gasteiger partial charge >= 0.3 is 0 Å². The molecule has 1 aromatic rings. The predicted octanol–water partition coefficient (Wildman–Crippen LogP) is 1.90. The first-order valence-corrected chi connectivity index (χ1v) is 4.39. The fourth-order valence-electron chi connectivity index (χ4n) is 1.07. The molecule has 0 aliphatic rings. The van der Waals surface area contributed by atoms with E-state index in [0.29, 0.717) is 11.8 Å². The quantitative estimate of drug-likeness (QED) is 0.599. The lowest BCUT2D eigenvalue weighted by Crippen LogP contribution is -2.27. The summed E-state index contributed by atoms with van der Waals surface area (Å²) in [6.07, 6.45) is 0. The van der Waals surface area contributed by atoms with E-state index >= 15 is 0 Å². The highest BCUT2D eigenvalue weighted by atomic mass is 35.5. The van der Waals surface area contributed by atoms with E-state index in [1.54, 1.807) is 6.07 Å². The van der Waals surface area contributed by atoms with Crippen molar-refractivity contribution in [2.45, 2.75) is 19.3 Å². The second kappa shape index (κ2) is 4.05. The normalized spacial score (nSPS) is 11.7. The average molecular weight is 201 g/mol. The van der Waals surface area contributed by atoms with Gasteiger partial charge in [-0.05, 0) is 12.1 Å². The van der Waals surface area contributed by atoms with Gasteiger partial charge in [0.05, 0.1) is 12.3 Å². The van der Waals surface area contributed by atoms with Crippen LogP contribution in [0.5, 0.6) is 0 Å². The fraction of sp³-hybridized carbons (Fsp3) is 0.444. The summed E-state index contributed by atoms with van der Waals surface area (Å²) < 4.78 is 0. The largest absolute Gasteiger partial charge is 0.304 e. The maximum Gasteiger partial charge on any atom is 0.129 e. The number of halogens is 1. The highest BCUT2D eigenvalue weighted by molar-refractivity contribution is 6.29. The van der Waals surface area contributed by atoms with Crippen molar-refractivity contribution in [3.05, 3.63) is 29.0 Å². The fourth-order valence-corrected chi connectivity index (χ4v) is 1.23. The van der Waals surface area contributed by atoms with Gasteiger partial charge in [-0.25, -0.2) is 10.9 Å². The van der Waals surface area contributed by atoms with Crippen LogP contribution in [0.2, 0.25) is 5.15 Å². The number of hydrogen-bond acceptors (Lipinski definition) is 3. The molecule has 0 bridgehead atoms. The molecular formula is C9H13ClN2O. The van der Waals surface area contributed by atoms with Crippen LogP contribution in [0.4, 0.5) is 0 Å². The van der Waals surface area contributed by atoms with E-state index < -0.39 is 0 Å². The summed E-state index contributed by atoms with van der Waals surface area (Å²) in [7, 11) is 0. The van der Waals surface area contributed by atoms with E-state index in [-0.39, 0.29) is 5.41 Å². The zero-order valence-electron chi connectivity index (χ0n) is 7.75. The molecule has 4 heteroatoms. The molecule has 0 amide bonds. The topological polar surface area (TPSA) is 48.1 Å². The minimum Gasteiger partial charge on any atom is -0.304 e. The van der Waals surface area contributed by atoms with Crippen molar-refractivity contribution in [3.63, 3.8) is 0 Å². The van der Waals surface area contributed by atoms with Crippen molar-refractivity contribution in [1.29, 1.82) is 0 Å². The zero-order valence-corrected chi connectivity index (χ0v) is 8.51. The van der Waals surface area contributed by atoms with Gasteiger partial charge in [0, 0.05) is 5.41 Å². The molecule has 0 aliphatic carbocycles. The van der Waals surface area contributed by atoms with Crippen molar-refractivity contribution >= 4 is 11.6 Å². The van der Waals surface area contributed by atoms with Gasteiger partial charge in [0.15, 0.2) is 0 Å². The van der Waals surface area contributed by atoms with Crippen LogP contribution in [0, 0.1) is 0 Å². The molecule has 0 radical (unpaired) electrons. The molecule has 2 N–H and O–H groups in total. The summed E-state index contributed by atoms with van der Waals surface area (Å²) in [6.45, 7) is 4.41. The Morgan fingerprint density at radius 2 is 2.23 bits per heavy atom. The van der Waals surface area contributed by atoms with Crippen molar-refractivity contribution in [2.24, 2.45) is 5.90 Å². The van der Waals surface area contributed by atoms with E-state index in [0.717, 1.165) is 5.69 Å². The predicted molar refractivity (Wildman–Crippen MR) is 52.4 cm³/mol. The molecule has 1 aromatic heterocycles. The van der Waals surface area contributed by atoms with Crippen LogP contribution in [0.1, 0.15) is 19.5 Å².